The summed E-state index contributed by atoms with van der Waals surface area (Å²) in [6.07, 6.45) is 10.0. The van der Waals surface area contributed by atoms with Crippen molar-refractivity contribution in [2.75, 3.05) is 14.1 Å². The second kappa shape index (κ2) is 6.93. The molecule has 0 heterocycles. The number of carbonyl (C=O) groups is 2. The standard InChI is InChI=1S/C11H15ClO.C3H7NO/c12-10-3-6-11(4-1-2-5-11)7-9(10)8-13;1-4(2)3-5/h8H,1-7H2;3H,1-2H3. The van der Waals surface area contributed by atoms with E-state index < -0.39 is 0 Å². The molecule has 0 aromatic rings. The molecule has 18 heavy (non-hydrogen) atoms. The van der Waals surface area contributed by atoms with Crippen LogP contribution >= 0.6 is 11.6 Å². The van der Waals surface area contributed by atoms with Gasteiger partial charge in [0.2, 0.25) is 6.41 Å². The number of amides is 1. The minimum Gasteiger partial charge on any atom is -0.351 e. The molecular formula is C14H22ClNO2. The Morgan fingerprint density at radius 2 is 1.72 bits per heavy atom. The summed E-state index contributed by atoms with van der Waals surface area (Å²) in [4.78, 5) is 21.6. The first-order valence-electron chi connectivity index (χ1n) is 6.47. The third-order valence-electron chi connectivity index (χ3n) is 3.81. The van der Waals surface area contributed by atoms with Gasteiger partial charge in [-0.15, -0.1) is 0 Å². The number of nitrogens with zero attached hydrogens (tertiary/aromatic N) is 1. The van der Waals surface area contributed by atoms with Gasteiger partial charge in [-0.3, -0.25) is 9.59 Å². The topological polar surface area (TPSA) is 37.4 Å². The van der Waals surface area contributed by atoms with Crippen LogP contribution < -0.4 is 0 Å². The summed E-state index contributed by atoms with van der Waals surface area (Å²) >= 11 is 5.99. The quantitative estimate of drug-likeness (QED) is 0.724. The maximum Gasteiger partial charge on any atom is 0.209 e. The van der Waals surface area contributed by atoms with E-state index in [1.807, 2.05) is 0 Å². The first kappa shape index (κ1) is 15.2. The zero-order chi connectivity index (χ0) is 13.6. The number of carbonyl (C=O) groups excluding carboxylic acids is 2. The third kappa shape index (κ3) is 4.13. The summed E-state index contributed by atoms with van der Waals surface area (Å²) in [6, 6.07) is 0. The second-order valence-corrected chi connectivity index (χ2v) is 5.96. The van der Waals surface area contributed by atoms with E-state index in [4.69, 9.17) is 11.6 Å². The maximum atomic E-state index is 10.8. The summed E-state index contributed by atoms with van der Waals surface area (Å²) in [5.41, 5.74) is 1.32. The van der Waals surface area contributed by atoms with Crippen LogP contribution in [0.1, 0.15) is 44.9 Å². The van der Waals surface area contributed by atoms with Crippen molar-refractivity contribution in [1.29, 1.82) is 0 Å². The molecule has 2 aliphatic carbocycles. The molecule has 0 saturated heterocycles. The Morgan fingerprint density at radius 3 is 2.17 bits per heavy atom. The van der Waals surface area contributed by atoms with Crippen LogP contribution in [0.5, 0.6) is 0 Å². The second-order valence-electron chi connectivity index (χ2n) is 5.50. The number of aldehydes is 1. The van der Waals surface area contributed by atoms with Gasteiger partial charge in [0.25, 0.3) is 0 Å². The van der Waals surface area contributed by atoms with Crippen LogP contribution in [0.25, 0.3) is 0 Å². The lowest BCUT2D eigenvalue weighted by Crippen LogP contribution is -2.21. The molecular weight excluding hydrogens is 250 g/mol. The summed E-state index contributed by atoms with van der Waals surface area (Å²) in [5.74, 6) is 0. The van der Waals surface area contributed by atoms with Gasteiger partial charge in [0.1, 0.15) is 6.29 Å². The van der Waals surface area contributed by atoms with Crippen LogP contribution in [-0.4, -0.2) is 31.7 Å². The van der Waals surface area contributed by atoms with Crippen molar-refractivity contribution < 1.29 is 9.59 Å². The van der Waals surface area contributed by atoms with Gasteiger partial charge >= 0.3 is 0 Å². The summed E-state index contributed by atoms with van der Waals surface area (Å²) < 4.78 is 0. The summed E-state index contributed by atoms with van der Waals surface area (Å²) in [6.45, 7) is 0. The molecule has 0 aliphatic heterocycles. The summed E-state index contributed by atoms with van der Waals surface area (Å²) in [5, 5.41) is 0.813. The minimum atomic E-state index is 0.453. The van der Waals surface area contributed by atoms with Crippen LogP contribution in [0.15, 0.2) is 10.6 Å². The molecule has 2 rings (SSSR count). The van der Waals surface area contributed by atoms with Crippen molar-refractivity contribution in [3.63, 3.8) is 0 Å². The highest BCUT2D eigenvalue weighted by Gasteiger charge is 2.37. The lowest BCUT2D eigenvalue weighted by Gasteiger charge is -2.33. The third-order valence-corrected chi connectivity index (χ3v) is 4.24. The molecule has 0 atom stereocenters. The lowest BCUT2D eigenvalue weighted by molar-refractivity contribution is -0.115. The van der Waals surface area contributed by atoms with Crippen molar-refractivity contribution in [3.05, 3.63) is 10.6 Å². The van der Waals surface area contributed by atoms with E-state index in [0.717, 1.165) is 36.1 Å². The Bertz CT molecular complexity index is 331. The van der Waals surface area contributed by atoms with Crippen molar-refractivity contribution >= 4 is 24.3 Å². The highest BCUT2D eigenvalue weighted by Crippen LogP contribution is 2.50. The smallest absolute Gasteiger partial charge is 0.209 e. The molecule has 2 aliphatic rings. The Hall–Kier alpha value is -0.830. The van der Waals surface area contributed by atoms with Gasteiger partial charge in [0.15, 0.2) is 0 Å². The molecule has 4 heteroatoms. The van der Waals surface area contributed by atoms with Crippen LogP contribution in [0.2, 0.25) is 0 Å². The Labute approximate surface area is 114 Å². The van der Waals surface area contributed by atoms with E-state index in [1.165, 1.54) is 37.0 Å². The Kier molecular flexibility index (Phi) is 5.86. The molecule has 0 bridgehead atoms. The highest BCUT2D eigenvalue weighted by molar-refractivity contribution is 6.31. The van der Waals surface area contributed by atoms with Gasteiger partial charge in [-0.25, -0.2) is 0 Å². The highest BCUT2D eigenvalue weighted by atomic mass is 35.5. The number of halogens is 1. The van der Waals surface area contributed by atoms with E-state index in [-0.39, 0.29) is 0 Å². The van der Waals surface area contributed by atoms with E-state index in [0.29, 0.717) is 5.41 Å². The summed E-state index contributed by atoms with van der Waals surface area (Å²) in [7, 11) is 3.38. The van der Waals surface area contributed by atoms with Crippen LogP contribution in [-0.2, 0) is 9.59 Å². The molecule has 102 valence electrons. The molecule has 1 amide bonds. The van der Waals surface area contributed by atoms with Crippen molar-refractivity contribution in [1.82, 2.24) is 4.90 Å². The molecule has 1 fully saturated rings. The fourth-order valence-corrected chi connectivity index (χ4v) is 2.99. The molecule has 1 saturated carbocycles. The molecule has 0 N–H and O–H groups in total. The molecule has 0 aromatic carbocycles. The van der Waals surface area contributed by atoms with Crippen LogP contribution in [0.4, 0.5) is 0 Å². The van der Waals surface area contributed by atoms with E-state index >= 15 is 0 Å². The molecule has 0 aromatic heterocycles. The number of hydrogen-bond donors (Lipinski definition) is 0. The van der Waals surface area contributed by atoms with Gasteiger partial charge < -0.3 is 4.90 Å². The first-order chi connectivity index (χ1) is 8.53. The van der Waals surface area contributed by atoms with Gasteiger partial charge in [-0.1, -0.05) is 24.4 Å². The van der Waals surface area contributed by atoms with E-state index in [9.17, 15) is 9.59 Å². The Balaban J connectivity index is 0.000000280. The molecule has 0 radical (unpaired) electrons. The van der Waals surface area contributed by atoms with Crippen LogP contribution in [0, 0.1) is 5.41 Å². The predicted molar refractivity (Wildman–Crippen MR) is 73.4 cm³/mol. The van der Waals surface area contributed by atoms with Gasteiger partial charge in [-0.2, -0.15) is 0 Å². The zero-order valence-electron chi connectivity index (χ0n) is 11.2. The van der Waals surface area contributed by atoms with Gasteiger partial charge in [-0.05, 0) is 37.5 Å². The zero-order valence-corrected chi connectivity index (χ0v) is 12.0. The SMILES string of the molecule is CN(C)C=O.O=CC1=C(Cl)CCC2(CCCC2)C1. The molecule has 0 unspecified atom stereocenters. The normalized spacial score (nSPS) is 21.3. The maximum absolute atomic E-state index is 10.8. The number of rotatable bonds is 2. The average Bonchev–Trinajstić information content (AvgIpc) is 2.82. The van der Waals surface area contributed by atoms with Gasteiger partial charge in [0, 0.05) is 24.7 Å². The minimum absolute atomic E-state index is 0.453. The average molecular weight is 272 g/mol. The van der Waals surface area contributed by atoms with E-state index in [2.05, 4.69) is 0 Å². The predicted octanol–water partition coefficient (Wildman–Crippen LogP) is 3.13. The largest absolute Gasteiger partial charge is 0.351 e. The molecule has 1 spiro atoms. The van der Waals surface area contributed by atoms with Crippen molar-refractivity contribution in [2.24, 2.45) is 5.41 Å². The number of allylic oxidation sites excluding steroid dienone is 2. The Morgan fingerprint density at radius 1 is 1.17 bits per heavy atom. The van der Waals surface area contributed by atoms with Gasteiger partial charge in [0.05, 0.1) is 0 Å². The van der Waals surface area contributed by atoms with Crippen molar-refractivity contribution in [2.45, 2.75) is 44.9 Å². The molecule has 3 nitrogen and oxygen atoms in total. The van der Waals surface area contributed by atoms with E-state index in [1.54, 1.807) is 14.1 Å². The fraction of sp³-hybridized carbons (Fsp3) is 0.714. The lowest BCUT2D eigenvalue weighted by atomic mass is 9.73. The van der Waals surface area contributed by atoms with Crippen molar-refractivity contribution in [3.8, 4) is 0 Å². The van der Waals surface area contributed by atoms with Crippen LogP contribution in [0.3, 0.4) is 0 Å². The fourth-order valence-electron chi connectivity index (χ4n) is 2.78. The number of hydrogen-bond acceptors (Lipinski definition) is 2. The first-order valence-corrected chi connectivity index (χ1v) is 6.85. The monoisotopic (exact) mass is 271 g/mol.